The van der Waals surface area contributed by atoms with Crippen LogP contribution in [-0.2, 0) is 45.7 Å². The standard InChI is InChI=1S/C34H36ClN3O5S/c1-43-32-16-10-9-15-29(32)22-36-34(40)31(21-26-11-5-3-6-12-26)38(24-28-17-19-30(35)20-18-28)33(39)25-37(44(2,41)42)23-27-13-7-4-8-14-27/h3-20,31H,21-25H2,1-2H3,(H,36,40). The molecule has 10 heteroatoms. The third-order valence-electron chi connectivity index (χ3n) is 7.17. The average Bonchev–Trinajstić information content (AvgIpc) is 3.02. The van der Waals surface area contributed by atoms with Crippen LogP contribution in [0.3, 0.4) is 0 Å². The Morgan fingerprint density at radius 1 is 0.795 bits per heavy atom. The van der Waals surface area contributed by atoms with Crippen LogP contribution < -0.4 is 10.1 Å². The molecule has 230 valence electrons. The number of rotatable bonds is 14. The van der Waals surface area contributed by atoms with Crippen LogP contribution in [0.2, 0.25) is 5.02 Å². The summed E-state index contributed by atoms with van der Waals surface area (Å²) in [5.74, 6) is -0.253. The molecule has 1 N–H and O–H groups in total. The van der Waals surface area contributed by atoms with Crippen molar-refractivity contribution >= 4 is 33.4 Å². The second-order valence-electron chi connectivity index (χ2n) is 10.4. The van der Waals surface area contributed by atoms with Crippen molar-refractivity contribution in [1.29, 1.82) is 0 Å². The van der Waals surface area contributed by atoms with Crippen LogP contribution in [0, 0.1) is 0 Å². The fourth-order valence-corrected chi connectivity index (χ4v) is 5.66. The highest BCUT2D eigenvalue weighted by Gasteiger charge is 2.33. The van der Waals surface area contributed by atoms with Gasteiger partial charge in [-0.1, -0.05) is 103 Å². The van der Waals surface area contributed by atoms with E-state index in [2.05, 4.69) is 5.32 Å². The summed E-state index contributed by atoms with van der Waals surface area (Å²) in [5, 5.41) is 3.52. The molecule has 1 atom stereocenters. The quantitative estimate of drug-likeness (QED) is 0.209. The first-order chi connectivity index (χ1) is 21.1. The molecular formula is C34H36ClN3O5S. The van der Waals surface area contributed by atoms with Crippen LogP contribution in [0.4, 0.5) is 0 Å². The molecular weight excluding hydrogens is 598 g/mol. The van der Waals surface area contributed by atoms with Gasteiger partial charge in [-0.05, 0) is 34.9 Å². The Kier molecular flexibility index (Phi) is 11.5. The van der Waals surface area contributed by atoms with E-state index < -0.39 is 28.5 Å². The second kappa shape index (κ2) is 15.5. The summed E-state index contributed by atoms with van der Waals surface area (Å²) in [6.45, 7) is -0.172. The fraction of sp³-hybridized carbons (Fsp3) is 0.235. The molecule has 0 bridgehead atoms. The number of sulfonamides is 1. The molecule has 0 saturated carbocycles. The van der Waals surface area contributed by atoms with E-state index in [1.807, 2.05) is 72.8 Å². The number of ether oxygens (including phenoxy) is 1. The molecule has 1 unspecified atom stereocenters. The number of benzene rings is 4. The monoisotopic (exact) mass is 633 g/mol. The lowest BCUT2D eigenvalue weighted by molar-refractivity contribution is -0.141. The number of methoxy groups -OCH3 is 1. The zero-order valence-corrected chi connectivity index (χ0v) is 26.3. The topological polar surface area (TPSA) is 96.0 Å². The van der Waals surface area contributed by atoms with Crippen LogP contribution in [0.5, 0.6) is 5.75 Å². The van der Waals surface area contributed by atoms with Gasteiger partial charge < -0.3 is 15.0 Å². The van der Waals surface area contributed by atoms with Gasteiger partial charge in [0.25, 0.3) is 0 Å². The van der Waals surface area contributed by atoms with E-state index in [-0.39, 0.29) is 32.0 Å². The largest absolute Gasteiger partial charge is 0.496 e. The van der Waals surface area contributed by atoms with Gasteiger partial charge in [0.2, 0.25) is 21.8 Å². The summed E-state index contributed by atoms with van der Waals surface area (Å²) in [6, 6.07) is 31.9. The van der Waals surface area contributed by atoms with Crippen molar-refractivity contribution in [3.05, 3.63) is 136 Å². The van der Waals surface area contributed by atoms with Gasteiger partial charge in [-0.2, -0.15) is 4.31 Å². The molecule has 4 aromatic carbocycles. The summed E-state index contributed by atoms with van der Waals surface area (Å²) < 4.78 is 32.3. The van der Waals surface area contributed by atoms with Crippen molar-refractivity contribution in [1.82, 2.24) is 14.5 Å². The minimum atomic E-state index is -3.78. The van der Waals surface area contributed by atoms with E-state index in [0.717, 1.165) is 32.8 Å². The Morgan fingerprint density at radius 3 is 1.98 bits per heavy atom. The Hall–Kier alpha value is -4.18. The fourth-order valence-electron chi connectivity index (χ4n) is 4.81. The van der Waals surface area contributed by atoms with Gasteiger partial charge in [-0.15, -0.1) is 0 Å². The molecule has 0 heterocycles. The molecule has 0 aliphatic rings. The predicted molar refractivity (Wildman–Crippen MR) is 172 cm³/mol. The lowest BCUT2D eigenvalue weighted by atomic mass is 10.0. The van der Waals surface area contributed by atoms with Gasteiger partial charge >= 0.3 is 0 Å². The molecule has 0 spiro atoms. The molecule has 0 radical (unpaired) electrons. The maximum Gasteiger partial charge on any atom is 0.243 e. The summed E-state index contributed by atoms with van der Waals surface area (Å²) in [5.41, 5.74) is 3.12. The molecule has 0 saturated heterocycles. The Morgan fingerprint density at radius 2 is 1.36 bits per heavy atom. The van der Waals surface area contributed by atoms with Crippen molar-refractivity contribution < 1.29 is 22.7 Å². The minimum absolute atomic E-state index is 0.0174. The van der Waals surface area contributed by atoms with Crippen LogP contribution in [-0.4, -0.2) is 55.4 Å². The Balaban J connectivity index is 1.69. The molecule has 0 aliphatic heterocycles. The van der Waals surface area contributed by atoms with Crippen LogP contribution >= 0.6 is 11.6 Å². The van der Waals surface area contributed by atoms with E-state index >= 15 is 0 Å². The summed E-state index contributed by atoms with van der Waals surface area (Å²) in [7, 11) is -2.21. The third-order valence-corrected chi connectivity index (χ3v) is 8.61. The highest BCUT2D eigenvalue weighted by Crippen LogP contribution is 2.20. The van der Waals surface area contributed by atoms with Crippen molar-refractivity contribution in [3.8, 4) is 5.75 Å². The lowest BCUT2D eigenvalue weighted by Gasteiger charge is -2.33. The maximum atomic E-state index is 14.2. The van der Waals surface area contributed by atoms with Crippen molar-refractivity contribution in [2.75, 3.05) is 19.9 Å². The number of para-hydroxylation sites is 1. The van der Waals surface area contributed by atoms with E-state index in [1.165, 1.54) is 4.90 Å². The van der Waals surface area contributed by atoms with Gasteiger partial charge in [0.15, 0.2) is 0 Å². The number of hydrogen-bond donors (Lipinski definition) is 1. The van der Waals surface area contributed by atoms with Gasteiger partial charge in [-0.3, -0.25) is 9.59 Å². The molecule has 8 nitrogen and oxygen atoms in total. The second-order valence-corrected chi connectivity index (χ2v) is 12.8. The SMILES string of the molecule is COc1ccccc1CNC(=O)C(Cc1ccccc1)N(Cc1ccc(Cl)cc1)C(=O)CN(Cc1ccccc1)S(C)(=O)=O. The van der Waals surface area contributed by atoms with Crippen molar-refractivity contribution in [3.63, 3.8) is 0 Å². The highest BCUT2D eigenvalue weighted by molar-refractivity contribution is 7.88. The smallest absolute Gasteiger partial charge is 0.243 e. The number of halogens is 1. The molecule has 0 fully saturated rings. The molecule has 4 aromatic rings. The maximum absolute atomic E-state index is 14.2. The zero-order chi connectivity index (χ0) is 31.5. The zero-order valence-electron chi connectivity index (χ0n) is 24.7. The highest BCUT2D eigenvalue weighted by atomic mass is 35.5. The van der Waals surface area contributed by atoms with Gasteiger partial charge in [0.05, 0.1) is 19.9 Å². The molecule has 4 rings (SSSR count). The lowest BCUT2D eigenvalue weighted by Crippen LogP contribution is -2.53. The van der Waals surface area contributed by atoms with Crippen LogP contribution in [0.15, 0.2) is 109 Å². The average molecular weight is 634 g/mol. The normalized spacial score (nSPS) is 12.0. The van der Waals surface area contributed by atoms with E-state index in [9.17, 15) is 18.0 Å². The van der Waals surface area contributed by atoms with E-state index in [1.54, 1.807) is 43.5 Å². The number of nitrogens with one attached hydrogen (secondary N) is 1. The number of amides is 2. The number of carbonyl (C=O) groups excluding carboxylic acids is 2. The third kappa shape index (κ3) is 9.41. The van der Waals surface area contributed by atoms with Crippen molar-refractivity contribution in [2.24, 2.45) is 0 Å². The van der Waals surface area contributed by atoms with Crippen molar-refractivity contribution in [2.45, 2.75) is 32.1 Å². The van der Waals surface area contributed by atoms with Crippen LogP contribution in [0.25, 0.3) is 0 Å². The van der Waals surface area contributed by atoms with Gasteiger partial charge in [-0.25, -0.2) is 8.42 Å². The molecule has 0 aliphatic carbocycles. The first-order valence-electron chi connectivity index (χ1n) is 14.1. The molecule has 44 heavy (non-hydrogen) atoms. The summed E-state index contributed by atoms with van der Waals surface area (Å²) in [4.78, 5) is 29.6. The number of hydrogen-bond acceptors (Lipinski definition) is 5. The Labute approximate surface area is 264 Å². The first kappa shape index (κ1) is 32.7. The van der Waals surface area contributed by atoms with Gasteiger partial charge in [0.1, 0.15) is 11.8 Å². The van der Waals surface area contributed by atoms with E-state index in [0.29, 0.717) is 10.8 Å². The predicted octanol–water partition coefficient (Wildman–Crippen LogP) is 5.07. The number of carbonyl (C=O) groups is 2. The molecule has 2 amide bonds. The minimum Gasteiger partial charge on any atom is -0.496 e. The summed E-state index contributed by atoms with van der Waals surface area (Å²) in [6.07, 6.45) is 1.30. The summed E-state index contributed by atoms with van der Waals surface area (Å²) >= 11 is 6.12. The Bertz CT molecular complexity index is 1630. The number of nitrogens with zero attached hydrogens (tertiary/aromatic N) is 2. The van der Waals surface area contributed by atoms with E-state index in [4.69, 9.17) is 16.3 Å². The van der Waals surface area contributed by atoms with Crippen LogP contribution in [0.1, 0.15) is 22.3 Å². The molecule has 0 aromatic heterocycles. The first-order valence-corrected chi connectivity index (χ1v) is 16.3. The van der Waals surface area contributed by atoms with Gasteiger partial charge in [0, 0.05) is 36.6 Å².